The molecule has 4 amide bonds. The number of carbonyl (C=O) groups is 3. The van der Waals surface area contributed by atoms with Crippen LogP contribution in [0.3, 0.4) is 0 Å². The van der Waals surface area contributed by atoms with Gasteiger partial charge in [-0.3, -0.25) is 14.5 Å². The topological polar surface area (TPSA) is 78.5 Å². The van der Waals surface area contributed by atoms with Crippen molar-refractivity contribution < 1.29 is 14.4 Å². The van der Waals surface area contributed by atoms with E-state index < -0.39 is 12.2 Å². The van der Waals surface area contributed by atoms with E-state index >= 15 is 0 Å². The van der Waals surface area contributed by atoms with Crippen molar-refractivity contribution in [2.75, 3.05) is 5.32 Å². The fraction of sp³-hybridized carbons (Fsp3) is 0.370. The highest BCUT2D eigenvalue weighted by Crippen LogP contribution is 2.50. The minimum atomic E-state index is -0.748. The summed E-state index contributed by atoms with van der Waals surface area (Å²) in [5, 5.41) is 5.87. The normalized spacial score (nSPS) is 26.3. The summed E-state index contributed by atoms with van der Waals surface area (Å²) in [4.78, 5) is 41.4. The van der Waals surface area contributed by atoms with E-state index in [1.165, 1.54) is 4.90 Å². The van der Waals surface area contributed by atoms with Crippen LogP contribution in [0.1, 0.15) is 29.5 Å². The molecule has 1 saturated carbocycles. The maximum absolute atomic E-state index is 13.5. The third-order valence-electron chi connectivity index (χ3n) is 7.39. The highest BCUT2D eigenvalue weighted by atomic mass is 16.2. The number of nitrogens with one attached hydrogen (secondary N) is 2. The monoisotopic (exact) mass is 443 g/mol. The van der Waals surface area contributed by atoms with Gasteiger partial charge in [-0.05, 0) is 55.2 Å². The lowest BCUT2D eigenvalue weighted by Crippen LogP contribution is -2.53. The summed E-state index contributed by atoms with van der Waals surface area (Å²) in [5.74, 6) is -0.690. The summed E-state index contributed by atoms with van der Waals surface area (Å²) < 4.78 is 0. The molecule has 1 heterocycles. The Hall–Kier alpha value is -3.41. The molecule has 0 spiro atoms. The number of imide groups is 1. The molecule has 1 saturated heterocycles. The van der Waals surface area contributed by atoms with Gasteiger partial charge in [0, 0.05) is 12.1 Å². The number of hydrogen-bond donors (Lipinski definition) is 2. The maximum atomic E-state index is 13.5. The predicted octanol–water partition coefficient (Wildman–Crippen LogP) is 4.19. The molecule has 2 aromatic rings. The zero-order valence-electron chi connectivity index (χ0n) is 19.0. The number of nitrogens with zero attached hydrogens (tertiary/aromatic N) is 1. The molecule has 2 aromatic carbocycles. The summed E-state index contributed by atoms with van der Waals surface area (Å²) in [6.45, 7) is 3.87. The molecule has 0 aromatic heterocycles. The van der Waals surface area contributed by atoms with E-state index in [0.717, 1.165) is 35.2 Å². The van der Waals surface area contributed by atoms with Crippen molar-refractivity contribution in [3.05, 3.63) is 77.4 Å². The van der Waals surface area contributed by atoms with Gasteiger partial charge in [-0.2, -0.15) is 0 Å². The number of carbonyl (C=O) groups excluding carboxylic acids is 3. The van der Waals surface area contributed by atoms with E-state index in [2.05, 4.69) is 22.8 Å². The summed E-state index contributed by atoms with van der Waals surface area (Å²) in [5.41, 5.74) is 3.59. The Labute approximate surface area is 194 Å². The number of benzene rings is 2. The van der Waals surface area contributed by atoms with Gasteiger partial charge in [0.1, 0.15) is 6.17 Å². The number of para-hydroxylation sites is 1. The average molecular weight is 444 g/mol. The van der Waals surface area contributed by atoms with E-state index in [4.69, 9.17) is 0 Å². The average Bonchev–Trinajstić information content (AvgIpc) is 3.10. The Morgan fingerprint density at radius 3 is 2.03 bits per heavy atom. The summed E-state index contributed by atoms with van der Waals surface area (Å²) in [6.07, 6.45) is 5.72. The number of rotatable bonds is 5. The quantitative estimate of drug-likeness (QED) is 0.537. The van der Waals surface area contributed by atoms with Gasteiger partial charge in [0.2, 0.25) is 11.8 Å². The molecule has 6 rings (SSSR count). The van der Waals surface area contributed by atoms with Gasteiger partial charge < -0.3 is 10.6 Å². The second-order valence-electron chi connectivity index (χ2n) is 9.46. The molecule has 2 N–H and O–H groups in total. The van der Waals surface area contributed by atoms with Crippen molar-refractivity contribution in [1.82, 2.24) is 10.2 Å². The van der Waals surface area contributed by atoms with Crippen molar-refractivity contribution in [2.45, 2.75) is 39.3 Å². The SMILES string of the molecule is Cc1cccc(C)c1NC(=O)N[C@H](Cc1ccccc1)N1C(=O)[C@@H]2[C@@H](C1=O)[C@H]1C=C[C@H]2CC1. The van der Waals surface area contributed by atoms with Crippen LogP contribution in [0.4, 0.5) is 10.5 Å². The molecule has 3 aliphatic carbocycles. The molecular formula is C27H29N3O3. The van der Waals surface area contributed by atoms with E-state index in [1.54, 1.807) is 0 Å². The molecule has 6 nitrogen and oxygen atoms in total. The first-order chi connectivity index (χ1) is 15.9. The van der Waals surface area contributed by atoms with Crippen LogP contribution in [0.25, 0.3) is 0 Å². The van der Waals surface area contributed by atoms with Crippen LogP contribution in [-0.4, -0.2) is 28.9 Å². The molecule has 170 valence electrons. The third kappa shape index (κ3) is 3.84. The first-order valence-corrected chi connectivity index (χ1v) is 11.7. The Balaban J connectivity index is 1.42. The fourth-order valence-corrected chi connectivity index (χ4v) is 5.76. The van der Waals surface area contributed by atoms with Gasteiger partial charge in [0.05, 0.1) is 11.8 Å². The molecule has 0 unspecified atom stereocenters. The number of allylic oxidation sites excluding steroid dienone is 2. The van der Waals surface area contributed by atoms with Crippen LogP contribution in [0, 0.1) is 37.5 Å². The lowest BCUT2D eigenvalue weighted by atomic mass is 9.63. The smallest absolute Gasteiger partial charge is 0.317 e. The van der Waals surface area contributed by atoms with Gasteiger partial charge in [-0.25, -0.2) is 4.79 Å². The van der Waals surface area contributed by atoms with Gasteiger partial charge in [-0.1, -0.05) is 60.7 Å². The number of anilines is 1. The van der Waals surface area contributed by atoms with Crippen LogP contribution in [0.15, 0.2) is 60.7 Å². The summed E-state index contributed by atoms with van der Waals surface area (Å²) in [6, 6.07) is 15.0. The van der Waals surface area contributed by atoms with Gasteiger partial charge in [0.15, 0.2) is 0 Å². The van der Waals surface area contributed by atoms with Crippen molar-refractivity contribution >= 4 is 23.5 Å². The van der Waals surface area contributed by atoms with Crippen molar-refractivity contribution in [3.8, 4) is 0 Å². The van der Waals surface area contributed by atoms with Crippen LogP contribution in [0.5, 0.6) is 0 Å². The first kappa shape index (κ1) is 21.4. The molecule has 4 aliphatic rings. The van der Waals surface area contributed by atoms with Crippen LogP contribution >= 0.6 is 0 Å². The molecule has 6 heteroatoms. The van der Waals surface area contributed by atoms with E-state index in [0.29, 0.717) is 6.42 Å². The number of fused-ring (bicyclic) bond motifs is 1. The van der Waals surface area contributed by atoms with E-state index in [1.807, 2.05) is 62.4 Å². The Morgan fingerprint density at radius 2 is 1.48 bits per heavy atom. The van der Waals surface area contributed by atoms with Crippen LogP contribution in [-0.2, 0) is 16.0 Å². The second-order valence-corrected chi connectivity index (χ2v) is 9.46. The Bertz CT molecular complexity index is 1070. The van der Waals surface area contributed by atoms with Crippen molar-refractivity contribution in [2.24, 2.45) is 23.7 Å². The van der Waals surface area contributed by atoms with E-state index in [-0.39, 0.29) is 35.5 Å². The minimum Gasteiger partial charge on any atom is -0.317 e. The minimum absolute atomic E-state index is 0.113. The van der Waals surface area contributed by atoms with Crippen molar-refractivity contribution in [1.29, 1.82) is 0 Å². The van der Waals surface area contributed by atoms with Crippen LogP contribution in [0.2, 0.25) is 0 Å². The molecule has 2 fully saturated rings. The molecule has 1 aliphatic heterocycles. The van der Waals surface area contributed by atoms with Gasteiger partial charge in [0.25, 0.3) is 0 Å². The predicted molar refractivity (Wildman–Crippen MR) is 126 cm³/mol. The van der Waals surface area contributed by atoms with Gasteiger partial charge >= 0.3 is 6.03 Å². The third-order valence-corrected chi connectivity index (χ3v) is 7.39. The van der Waals surface area contributed by atoms with Crippen LogP contribution < -0.4 is 10.6 Å². The maximum Gasteiger partial charge on any atom is 0.320 e. The fourth-order valence-electron chi connectivity index (χ4n) is 5.76. The molecule has 5 atom stereocenters. The highest BCUT2D eigenvalue weighted by molar-refractivity contribution is 6.06. The lowest BCUT2D eigenvalue weighted by Gasteiger charge is -2.38. The van der Waals surface area contributed by atoms with Gasteiger partial charge in [-0.15, -0.1) is 0 Å². The standard InChI is InChI=1S/C27H29N3O3/c1-16-7-6-8-17(2)24(16)29-27(33)28-21(15-18-9-4-3-5-10-18)30-25(31)22-19-11-12-20(14-13-19)23(22)26(30)32/h3-12,19-23H,13-15H2,1-2H3,(H2,28,29,33)/t19-,20-,21-,22-,23-/m0/s1. The molecular weight excluding hydrogens is 414 g/mol. The molecule has 33 heavy (non-hydrogen) atoms. The summed E-state index contributed by atoms with van der Waals surface area (Å²) in [7, 11) is 0. The zero-order chi connectivity index (χ0) is 23.1. The Kier molecular flexibility index (Phi) is 5.52. The second kappa shape index (κ2) is 8.50. The number of amides is 4. The summed E-state index contributed by atoms with van der Waals surface area (Å²) >= 11 is 0. The number of urea groups is 1. The number of hydrogen-bond acceptors (Lipinski definition) is 3. The highest BCUT2D eigenvalue weighted by Gasteiger charge is 2.58. The molecule has 0 radical (unpaired) electrons. The number of likely N-dealkylation sites (tertiary alicyclic amines) is 1. The zero-order valence-corrected chi connectivity index (χ0v) is 19.0. The van der Waals surface area contributed by atoms with E-state index in [9.17, 15) is 14.4 Å². The largest absolute Gasteiger partial charge is 0.320 e. The first-order valence-electron chi connectivity index (χ1n) is 11.7. The number of aryl methyl sites for hydroxylation is 2. The van der Waals surface area contributed by atoms with Crippen molar-refractivity contribution in [3.63, 3.8) is 0 Å². The molecule has 2 bridgehead atoms. The Morgan fingerprint density at radius 1 is 0.909 bits per heavy atom. The lowest BCUT2D eigenvalue weighted by molar-refractivity contribution is -0.143.